The molecule has 1 unspecified atom stereocenters. The minimum atomic E-state index is -0.856. The smallest absolute Gasteiger partial charge is 0.308 e. The molecule has 3 heterocycles. The average Bonchev–Trinajstić information content (AvgIpc) is 3.12. The van der Waals surface area contributed by atoms with Gasteiger partial charge in [-0.1, -0.05) is 19.0 Å². The number of amides is 1. The second kappa shape index (κ2) is 5.40. The van der Waals surface area contributed by atoms with Gasteiger partial charge in [-0.25, -0.2) is 4.98 Å². The van der Waals surface area contributed by atoms with Gasteiger partial charge in [0.25, 0.3) is 11.6 Å². The number of pyridine rings is 1. The molecule has 1 aliphatic heterocycles. The summed E-state index contributed by atoms with van der Waals surface area (Å²) in [5.74, 6) is -1.38. The number of likely N-dealkylation sites (tertiary alicyclic amines) is 1. The standard InChI is InChI=1S/C15H17N3O4/c1-8(2)12-11-5-10(6-16-13(11)22-17-12)14(19)18-4-3-9(7-18)15(20)21/h5-6,8-9H,3-4,7H2,1-2H3,(H,20,21). The minimum absolute atomic E-state index is 0.163. The fourth-order valence-electron chi connectivity index (χ4n) is 2.71. The van der Waals surface area contributed by atoms with E-state index in [0.717, 1.165) is 11.1 Å². The predicted octanol–water partition coefficient (Wildman–Crippen LogP) is 1.89. The highest BCUT2D eigenvalue weighted by Crippen LogP contribution is 2.25. The van der Waals surface area contributed by atoms with Crippen LogP contribution in [0.1, 0.15) is 42.2 Å². The molecule has 7 heteroatoms. The molecule has 7 nitrogen and oxygen atoms in total. The Labute approximate surface area is 126 Å². The molecule has 116 valence electrons. The molecule has 1 amide bonds. The molecule has 1 aliphatic rings. The molecule has 1 fully saturated rings. The second-order valence-corrected chi connectivity index (χ2v) is 5.87. The number of hydrogen-bond donors (Lipinski definition) is 1. The van der Waals surface area contributed by atoms with E-state index >= 15 is 0 Å². The Hall–Kier alpha value is -2.44. The first-order valence-corrected chi connectivity index (χ1v) is 7.24. The maximum Gasteiger partial charge on any atom is 0.308 e. The van der Waals surface area contributed by atoms with Crippen molar-refractivity contribution in [2.24, 2.45) is 5.92 Å². The Kier molecular flexibility index (Phi) is 3.56. The number of nitrogens with zero attached hydrogens (tertiary/aromatic N) is 3. The number of hydrogen-bond acceptors (Lipinski definition) is 5. The van der Waals surface area contributed by atoms with Crippen LogP contribution in [0.25, 0.3) is 11.1 Å². The number of rotatable bonds is 3. The van der Waals surface area contributed by atoms with E-state index in [0.29, 0.717) is 24.2 Å². The highest BCUT2D eigenvalue weighted by atomic mass is 16.5. The minimum Gasteiger partial charge on any atom is -0.481 e. The fourth-order valence-corrected chi connectivity index (χ4v) is 2.71. The number of fused-ring (bicyclic) bond motifs is 1. The van der Waals surface area contributed by atoms with Gasteiger partial charge in [-0.15, -0.1) is 0 Å². The summed E-state index contributed by atoms with van der Waals surface area (Å²) in [7, 11) is 0. The zero-order valence-electron chi connectivity index (χ0n) is 12.4. The maximum atomic E-state index is 12.5. The maximum absolute atomic E-state index is 12.5. The molecule has 2 aromatic rings. The van der Waals surface area contributed by atoms with Crippen LogP contribution in [0.4, 0.5) is 0 Å². The quantitative estimate of drug-likeness (QED) is 0.930. The van der Waals surface area contributed by atoms with E-state index in [1.54, 1.807) is 11.0 Å². The van der Waals surface area contributed by atoms with Gasteiger partial charge < -0.3 is 14.5 Å². The molecular formula is C15H17N3O4. The van der Waals surface area contributed by atoms with E-state index in [4.69, 9.17) is 9.63 Å². The van der Waals surface area contributed by atoms with Crippen molar-refractivity contribution in [3.63, 3.8) is 0 Å². The molecule has 2 aromatic heterocycles. The van der Waals surface area contributed by atoms with E-state index in [9.17, 15) is 9.59 Å². The Bertz CT molecular complexity index is 737. The molecule has 0 spiro atoms. The first kappa shape index (κ1) is 14.5. The first-order chi connectivity index (χ1) is 10.5. The Morgan fingerprint density at radius 2 is 2.23 bits per heavy atom. The van der Waals surface area contributed by atoms with E-state index in [-0.39, 0.29) is 18.4 Å². The first-order valence-electron chi connectivity index (χ1n) is 7.24. The highest BCUT2D eigenvalue weighted by molar-refractivity contribution is 5.97. The summed E-state index contributed by atoms with van der Waals surface area (Å²) in [6.07, 6.45) is 1.94. The molecule has 1 atom stereocenters. The summed E-state index contributed by atoms with van der Waals surface area (Å²) in [5, 5.41) is 13.7. The average molecular weight is 303 g/mol. The second-order valence-electron chi connectivity index (χ2n) is 5.87. The van der Waals surface area contributed by atoms with E-state index < -0.39 is 11.9 Å². The molecule has 0 aromatic carbocycles. The molecule has 0 radical (unpaired) electrons. The number of carbonyl (C=O) groups is 2. The Morgan fingerprint density at radius 1 is 1.45 bits per heavy atom. The van der Waals surface area contributed by atoms with Crippen molar-refractivity contribution in [1.29, 1.82) is 0 Å². The SMILES string of the molecule is CC(C)c1noc2ncc(C(=O)N3CCC(C(=O)O)C3)cc12. The van der Waals surface area contributed by atoms with Gasteiger partial charge in [0, 0.05) is 19.3 Å². The van der Waals surface area contributed by atoms with Crippen LogP contribution in [0.15, 0.2) is 16.8 Å². The number of aliphatic carboxylic acids is 1. The van der Waals surface area contributed by atoms with Crippen molar-refractivity contribution in [3.05, 3.63) is 23.5 Å². The van der Waals surface area contributed by atoms with Gasteiger partial charge in [-0.05, 0) is 18.4 Å². The van der Waals surface area contributed by atoms with Gasteiger partial charge in [-0.3, -0.25) is 9.59 Å². The molecule has 22 heavy (non-hydrogen) atoms. The third kappa shape index (κ3) is 2.43. The zero-order chi connectivity index (χ0) is 15.9. The van der Waals surface area contributed by atoms with Crippen molar-refractivity contribution >= 4 is 23.0 Å². The molecular weight excluding hydrogens is 286 g/mol. The number of carbonyl (C=O) groups excluding carboxylic acids is 1. The van der Waals surface area contributed by atoms with Crippen molar-refractivity contribution < 1.29 is 19.2 Å². The summed E-state index contributed by atoms with van der Waals surface area (Å²) >= 11 is 0. The fraction of sp³-hybridized carbons (Fsp3) is 0.467. The molecule has 1 N–H and O–H groups in total. The zero-order valence-corrected chi connectivity index (χ0v) is 12.4. The molecule has 3 rings (SSSR count). The van der Waals surface area contributed by atoms with Crippen LogP contribution in [-0.4, -0.2) is 45.1 Å². The van der Waals surface area contributed by atoms with Crippen LogP contribution in [-0.2, 0) is 4.79 Å². The molecule has 0 aliphatic carbocycles. The lowest BCUT2D eigenvalue weighted by molar-refractivity contribution is -0.141. The molecule has 1 saturated heterocycles. The third-order valence-corrected chi connectivity index (χ3v) is 3.98. The van der Waals surface area contributed by atoms with Gasteiger partial charge in [0.15, 0.2) is 0 Å². The monoisotopic (exact) mass is 303 g/mol. The highest BCUT2D eigenvalue weighted by Gasteiger charge is 2.31. The van der Waals surface area contributed by atoms with Crippen molar-refractivity contribution in [1.82, 2.24) is 15.0 Å². The lowest BCUT2D eigenvalue weighted by atomic mass is 10.1. The van der Waals surface area contributed by atoms with Crippen LogP contribution in [0, 0.1) is 5.92 Å². The van der Waals surface area contributed by atoms with Gasteiger partial charge in [0.05, 0.1) is 22.6 Å². The van der Waals surface area contributed by atoms with Gasteiger partial charge in [0.1, 0.15) is 0 Å². The normalized spacial score (nSPS) is 18.3. The van der Waals surface area contributed by atoms with E-state index in [1.165, 1.54) is 6.20 Å². The summed E-state index contributed by atoms with van der Waals surface area (Å²) in [6.45, 7) is 4.68. The number of aromatic nitrogens is 2. The van der Waals surface area contributed by atoms with Crippen LogP contribution >= 0.6 is 0 Å². The molecule has 0 bridgehead atoms. The summed E-state index contributed by atoms with van der Waals surface area (Å²) in [6, 6.07) is 1.73. The van der Waals surface area contributed by atoms with Gasteiger partial charge in [0.2, 0.25) is 0 Å². The topological polar surface area (TPSA) is 96.5 Å². The Balaban J connectivity index is 1.88. The van der Waals surface area contributed by atoms with E-state index in [1.807, 2.05) is 13.8 Å². The number of carboxylic acid groups (broad SMARTS) is 1. The van der Waals surface area contributed by atoms with Crippen LogP contribution < -0.4 is 0 Å². The van der Waals surface area contributed by atoms with Crippen molar-refractivity contribution in [2.45, 2.75) is 26.2 Å². The van der Waals surface area contributed by atoms with Crippen LogP contribution in [0.3, 0.4) is 0 Å². The summed E-state index contributed by atoms with van der Waals surface area (Å²) < 4.78 is 5.16. The summed E-state index contributed by atoms with van der Waals surface area (Å²) in [4.78, 5) is 29.2. The lowest BCUT2D eigenvalue weighted by Gasteiger charge is -2.15. The molecule has 0 saturated carbocycles. The summed E-state index contributed by atoms with van der Waals surface area (Å²) in [5.41, 5.74) is 1.61. The van der Waals surface area contributed by atoms with Crippen molar-refractivity contribution in [3.8, 4) is 0 Å². The third-order valence-electron chi connectivity index (χ3n) is 3.98. The van der Waals surface area contributed by atoms with Crippen LogP contribution in [0.5, 0.6) is 0 Å². The van der Waals surface area contributed by atoms with Gasteiger partial charge in [-0.2, -0.15) is 0 Å². The largest absolute Gasteiger partial charge is 0.481 e. The van der Waals surface area contributed by atoms with E-state index in [2.05, 4.69) is 10.1 Å². The Morgan fingerprint density at radius 3 is 2.86 bits per heavy atom. The number of carboxylic acids is 1. The van der Waals surface area contributed by atoms with Crippen molar-refractivity contribution in [2.75, 3.05) is 13.1 Å². The predicted molar refractivity (Wildman–Crippen MR) is 77.5 cm³/mol. The lowest BCUT2D eigenvalue weighted by Crippen LogP contribution is -2.30. The van der Waals surface area contributed by atoms with Crippen LogP contribution in [0.2, 0.25) is 0 Å². The van der Waals surface area contributed by atoms with Gasteiger partial charge >= 0.3 is 5.97 Å².